The van der Waals surface area contributed by atoms with Crippen LogP contribution in [0.4, 0.5) is 11.4 Å². The van der Waals surface area contributed by atoms with Crippen molar-refractivity contribution < 1.29 is 53.1 Å². The van der Waals surface area contributed by atoms with Crippen LogP contribution in [-0.4, -0.2) is 76.0 Å². The molecule has 368 valence electrons. The molecule has 10 nitrogen and oxygen atoms in total. The molecule has 0 amide bonds. The van der Waals surface area contributed by atoms with Crippen molar-refractivity contribution in [2.75, 3.05) is 68.8 Å². The van der Waals surface area contributed by atoms with Crippen molar-refractivity contribution in [2.24, 2.45) is 0 Å². The third-order valence-electron chi connectivity index (χ3n) is 13.0. The van der Waals surface area contributed by atoms with Crippen LogP contribution in [0.2, 0.25) is 0 Å². The molecule has 0 bridgehead atoms. The van der Waals surface area contributed by atoms with Crippen molar-refractivity contribution in [3.8, 4) is 44.9 Å². The van der Waals surface area contributed by atoms with Gasteiger partial charge in [0, 0.05) is 94.8 Å². The smallest absolute Gasteiger partial charge is 0.338 e. The van der Waals surface area contributed by atoms with Crippen LogP contribution in [0, 0.1) is 0 Å². The van der Waals surface area contributed by atoms with E-state index >= 15 is 0 Å². The van der Waals surface area contributed by atoms with Gasteiger partial charge in [0.05, 0.1) is 29.9 Å². The summed E-state index contributed by atoms with van der Waals surface area (Å²) in [6, 6.07) is 40.0. The quantitative estimate of drug-likeness (QED) is 0.0805. The second-order valence-electron chi connectivity index (χ2n) is 16.5. The average molecular weight is 986 g/mol. The molecule has 0 atom stereocenters. The molecule has 0 saturated heterocycles. The molecule has 0 saturated carbocycles. The van der Waals surface area contributed by atoms with E-state index in [1.807, 2.05) is 43.3 Å². The van der Waals surface area contributed by atoms with Gasteiger partial charge in [-0.25, -0.2) is 18.7 Å². The van der Waals surface area contributed by atoms with Gasteiger partial charge < -0.3 is 53.3 Å². The molecule has 12 heteroatoms. The third kappa shape index (κ3) is 11.0. The standard InChI is InChI=1S/C30H35N2O3.C28H30N2O3.2ClH/c1-6-31(7-2)21-15-17-25-27(19-21)35-28-20-22(32(8-3)9-4)16-18-26(28)29(25)23-13-11-12-14-24(23)30(33)34-10-5;1-5-29(6-2)19-13-15-23-25(17-19)33-26-18-20(30(7-3)8-4)14-16-24(26)27(23)21-11-9-10-12-22(21)28(31)32;;/h11-20H,6-10H2,1-5H3;9-18H,5-8H2,1-4H3;2*1H/q+1;;;/p-1. The fraction of sp³-hybridized carbons (Fsp3) is 0.310. The normalized spacial score (nSPS) is 10.8. The van der Waals surface area contributed by atoms with Gasteiger partial charge in [0.25, 0.3) is 0 Å². The Bertz CT molecular complexity index is 3160. The predicted octanol–water partition coefficient (Wildman–Crippen LogP) is 5.61. The molecule has 0 radical (unpaired) electrons. The molecule has 2 aliphatic carbocycles. The molecular formula is C58H66Cl2N4O6. The lowest BCUT2D eigenvalue weighted by Crippen LogP contribution is -3.00. The fourth-order valence-electron chi connectivity index (χ4n) is 9.43. The zero-order valence-electron chi connectivity index (χ0n) is 41.9. The van der Waals surface area contributed by atoms with Crippen LogP contribution in [0.15, 0.2) is 130 Å². The number of hydrogen-bond donors (Lipinski definition) is 1. The number of rotatable bonds is 15. The monoisotopic (exact) mass is 984 g/mol. The minimum atomic E-state index is -0.938. The number of hydrogen-bond acceptors (Lipinski definition) is 7. The summed E-state index contributed by atoms with van der Waals surface area (Å²) in [5.74, 6) is 0.294. The van der Waals surface area contributed by atoms with Crippen molar-refractivity contribution in [3.05, 3.63) is 143 Å². The van der Waals surface area contributed by atoms with Gasteiger partial charge in [0.15, 0.2) is 0 Å². The number of carbonyl (C=O) groups is 2. The maximum Gasteiger partial charge on any atom is 0.338 e. The summed E-state index contributed by atoms with van der Waals surface area (Å²) in [5, 5.41) is 14.0. The number of carboxylic acids is 1. The van der Waals surface area contributed by atoms with Crippen LogP contribution >= 0.6 is 0 Å². The van der Waals surface area contributed by atoms with E-state index in [4.69, 9.17) is 13.6 Å². The van der Waals surface area contributed by atoms with Gasteiger partial charge in [-0.05, 0) is 122 Å². The Hall–Kier alpha value is -6.62. The topological polar surface area (TPSA) is 102 Å². The van der Waals surface area contributed by atoms with Crippen molar-refractivity contribution >= 4 is 45.3 Å². The maximum atomic E-state index is 12.9. The fourth-order valence-corrected chi connectivity index (χ4v) is 9.43. The number of carbonyl (C=O) groups excluding carboxylic acids is 1. The first-order valence-corrected chi connectivity index (χ1v) is 24.3. The minimum absolute atomic E-state index is 0. The SMILES string of the molecule is CCN(CC)c1ccc2c(-c3ccccc3C(=O)O)c3ccc(=[N+](CC)CC)cc-3oc2c1.CCOC(=O)c1ccccc1-c1c2ccc(=[N+](CC)CC)cc-2oc2cc(N(CC)CC)ccc12.[Cl-].[Cl-]. The summed E-state index contributed by atoms with van der Waals surface area (Å²) in [7, 11) is 0. The summed E-state index contributed by atoms with van der Waals surface area (Å²) < 4.78 is 23.0. The summed E-state index contributed by atoms with van der Waals surface area (Å²) in [4.78, 5) is 29.5. The van der Waals surface area contributed by atoms with E-state index < -0.39 is 5.97 Å². The highest BCUT2D eigenvalue weighted by Gasteiger charge is 2.25. The minimum Gasteiger partial charge on any atom is -1.00 e. The average Bonchev–Trinajstić information content (AvgIpc) is 3.36. The number of benzene rings is 6. The van der Waals surface area contributed by atoms with E-state index in [-0.39, 0.29) is 36.3 Å². The van der Waals surface area contributed by atoms with Gasteiger partial charge in [-0.2, -0.15) is 0 Å². The number of fused-ring (bicyclic) bond motifs is 4. The lowest BCUT2D eigenvalue weighted by Gasteiger charge is -2.22. The Balaban J connectivity index is 0.000000254. The van der Waals surface area contributed by atoms with Gasteiger partial charge >= 0.3 is 11.9 Å². The Morgan fingerprint density at radius 1 is 0.500 bits per heavy atom. The summed E-state index contributed by atoms with van der Waals surface area (Å²) in [6.45, 7) is 26.6. The highest BCUT2D eigenvalue weighted by Crippen LogP contribution is 2.44. The van der Waals surface area contributed by atoms with E-state index in [0.717, 1.165) is 136 Å². The first kappa shape index (κ1) is 54.3. The van der Waals surface area contributed by atoms with Crippen molar-refractivity contribution in [2.45, 2.75) is 62.3 Å². The number of ether oxygens (including phenoxy) is 1. The number of esters is 1. The molecule has 4 aromatic carbocycles. The molecule has 0 aromatic heterocycles. The van der Waals surface area contributed by atoms with Gasteiger partial charge in [-0.1, -0.05) is 36.4 Å². The molecule has 0 unspecified atom stereocenters. The predicted molar refractivity (Wildman–Crippen MR) is 279 cm³/mol. The first-order valence-electron chi connectivity index (χ1n) is 24.3. The largest absolute Gasteiger partial charge is 1.00 e. The molecule has 8 rings (SSSR count). The number of halogens is 2. The molecule has 4 aliphatic rings. The van der Waals surface area contributed by atoms with E-state index in [0.29, 0.717) is 17.7 Å². The lowest BCUT2D eigenvalue weighted by molar-refractivity contribution is -0.001000. The zero-order chi connectivity index (χ0) is 48.5. The van der Waals surface area contributed by atoms with E-state index in [1.54, 1.807) is 12.1 Å². The Labute approximate surface area is 424 Å². The molecule has 0 fully saturated rings. The summed E-state index contributed by atoms with van der Waals surface area (Å²) >= 11 is 0. The van der Waals surface area contributed by atoms with E-state index in [9.17, 15) is 14.7 Å². The molecule has 70 heavy (non-hydrogen) atoms. The van der Waals surface area contributed by atoms with Crippen molar-refractivity contribution in [1.82, 2.24) is 9.15 Å². The molecule has 0 spiro atoms. The van der Waals surface area contributed by atoms with Crippen LogP contribution in [0.25, 0.3) is 66.8 Å². The van der Waals surface area contributed by atoms with Crippen LogP contribution in [0.5, 0.6) is 0 Å². The zero-order valence-corrected chi connectivity index (χ0v) is 43.5. The second-order valence-corrected chi connectivity index (χ2v) is 16.5. The molecule has 4 aromatic rings. The Morgan fingerprint density at radius 2 is 0.900 bits per heavy atom. The molecule has 1 N–H and O–H groups in total. The second kappa shape index (κ2) is 24.8. The Morgan fingerprint density at radius 3 is 1.29 bits per heavy atom. The van der Waals surface area contributed by atoms with Gasteiger partial charge in [0.1, 0.15) is 48.9 Å². The number of anilines is 2. The molecule has 2 heterocycles. The van der Waals surface area contributed by atoms with Crippen LogP contribution in [-0.2, 0) is 4.74 Å². The van der Waals surface area contributed by atoms with Gasteiger partial charge in [-0.3, -0.25) is 0 Å². The highest BCUT2D eigenvalue weighted by atomic mass is 35.5. The number of carboxylic acid groups (broad SMARTS) is 1. The summed E-state index contributed by atoms with van der Waals surface area (Å²) in [5.41, 5.74) is 9.90. The summed E-state index contributed by atoms with van der Waals surface area (Å²) in [6.07, 6.45) is 0. The number of nitrogens with zero attached hydrogens (tertiary/aromatic N) is 4. The highest BCUT2D eigenvalue weighted by molar-refractivity contribution is 6.09. The van der Waals surface area contributed by atoms with Crippen molar-refractivity contribution in [1.29, 1.82) is 0 Å². The van der Waals surface area contributed by atoms with E-state index in [1.165, 1.54) is 0 Å². The maximum absolute atomic E-state index is 12.9. The van der Waals surface area contributed by atoms with Crippen molar-refractivity contribution in [3.63, 3.8) is 0 Å². The van der Waals surface area contributed by atoms with Crippen LogP contribution in [0.1, 0.15) is 83.0 Å². The van der Waals surface area contributed by atoms with Crippen LogP contribution < -0.4 is 54.5 Å². The Kier molecular flexibility index (Phi) is 19.2. The van der Waals surface area contributed by atoms with Gasteiger partial charge in [0.2, 0.25) is 10.7 Å². The molecular weight excluding hydrogens is 920 g/mol. The van der Waals surface area contributed by atoms with E-state index in [2.05, 4.69) is 147 Å². The number of aromatic carboxylic acids is 1. The van der Waals surface area contributed by atoms with Gasteiger partial charge in [-0.15, -0.1) is 0 Å². The molecule has 2 aliphatic heterocycles. The third-order valence-corrected chi connectivity index (χ3v) is 13.0. The lowest BCUT2D eigenvalue weighted by atomic mass is 9.90. The van der Waals surface area contributed by atoms with Crippen LogP contribution in [0.3, 0.4) is 0 Å². The first-order chi connectivity index (χ1) is 33.1.